The number of hydrogen-bond acceptors (Lipinski definition) is 15. The van der Waals surface area contributed by atoms with Crippen LogP contribution in [0.2, 0.25) is 0 Å². The SMILES string of the molecule is CCC(C)CCCCCCCCCCCCCCCCCCCCC(=O)O[C@H](COC(=O)CCCCCCCCCC(C)C)COP(=O)(O)OCC(O)COP(=O)(O)OC[C@@H](COC(=O)CCCCCCCCCC(C)C)OC(=O)CCCCCCCCCCCCCCC(C)C. The Kier molecular flexibility index (Phi) is 65.9. The van der Waals surface area contributed by atoms with Crippen LogP contribution in [0.1, 0.15) is 396 Å². The van der Waals surface area contributed by atoms with Gasteiger partial charge in [-0.1, -0.05) is 344 Å². The lowest BCUT2D eigenvalue weighted by Crippen LogP contribution is -2.30. The predicted molar refractivity (Wildman–Crippen MR) is 395 cm³/mol. The average Bonchev–Trinajstić information content (AvgIpc) is 0.971. The summed E-state index contributed by atoms with van der Waals surface area (Å²) in [6.07, 6.45) is 53.0. The van der Waals surface area contributed by atoms with Crippen molar-refractivity contribution in [2.75, 3.05) is 39.6 Å². The second-order valence-corrected chi connectivity index (χ2v) is 32.7. The van der Waals surface area contributed by atoms with E-state index in [0.29, 0.717) is 37.5 Å². The molecule has 0 heterocycles. The van der Waals surface area contributed by atoms with Crippen molar-refractivity contribution in [3.05, 3.63) is 0 Å². The molecule has 0 aliphatic carbocycles. The van der Waals surface area contributed by atoms with E-state index in [1.807, 2.05) is 0 Å². The van der Waals surface area contributed by atoms with E-state index in [0.717, 1.165) is 115 Å². The van der Waals surface area contributed by atoms with Gasteiger partial charge in [-0.3, -0.25) is 37.3 Å². The van der Waals surface area contributed by atoms with Crippen molar-refractivity contribution in [1.82, 2.24) is 0 Å². The fourth-order valence-corrected chi connectivity index (χ4v) is 13.5. The summed E-state index contributed by atoms with van der Waals surface area (Å²) in [5.41, 5.74) is 0. The molecule has 0 aromatic heterocycles. The number of esters is 4. The maximum atomic E-state index is 13.1. The molecule has 576 valence electrons. The van der Waals surface area contributed by atoms with Crippen LogP contribution in [0, 0.1) is 23.7 Å². The quantitative estimate of drug-likeness (QED) is 0.0222. The minimum atomic E-state index is -4.96. The van der Waals surface area contributed by atoms with Gasteiger partial charge in [-0.15, -0.1) is 0 Å². The van der Waals surface area contributed by atoms with Crippen molar-refractivity contribution in [2.24, 2.45) is 23.7 Å². The van der Waals surface area contributed by atoms with E-state index in [9.17, 15) is 43.2 Å². The summed E-state index contributed by atoms with van der Waals surface area (Å²) >= 11 is 0. The molecule has 0 spiro atoms. The van der Waals surface area contributed by atoms with Crippen molar-refractivity contribution in [1.29, 1.82) is 0 Å². The highest BCUT2D eigenvalue weighted by Crippen LogP contribution is 2.45. The maximum Gasteiger partial charge on any atom is 0.472 e. The number of unbranched alkanes of at least 4 members (excludes halogenated alkanes) is 40. The van der Waals surface area contributed by atoms with Gasteiger partial charge in [0.1, 0.15) is 19.3 Å². The zero-order chi connectivity index (χ0) is 71.7. The first-order valence-corrected chi connectivity index (χ1v) is 43.2. The largest absolute Gasteiger partial charge is 0.472 e. The predicted octanol–water partition coefficient (Wildman–Crippen LogP) is 22.8. The first kappa shape index (κ1) is 95.1. The zero-order valence-corrected chi connectivity index (χ0v) is 65.5. The smallest absolute Gasteiger partial charge is 0.462 e. The Morgan fingerprint density at radius 1 is 0.289 bits per heavy atom. The highest BCUT2D eigenvalue weighted by atomic mass is 31.2. The first-order valence-electron chi connectivity index (χ1n) is 40.2. The monoisotopic (exact) mass is 1420 g/mol. The van der Waals surface area contributed by atoms with Crippen LogP contribution in [0.4, 0.5) is 0 Å². The zero-order valence-electron chi connectivity index (χ0n) is 63.7. The minimum absolute atomic E-state index is 0.106. The van der Waals surface area contributed by atoms with Gasteiger partial charge in [0, 0.05) is 25.7 Å². The van der Waals surface area contributed by atoms with Crippen molar-refractivity contribution in [3.63, 3.8) is 0 Å². The molecule has 0 fully saturated rings. The molecule has 0 aliphatic heterocycles. The molecule has 19 heteroatoms. The Morgan fingerprint density at radius 2 is 0.495 bits per heavy atom. The molecule has 0 rings (SSSR count). The molecule has 17 nitrogen and oxygen atoms in total. The third-order valence-electron chi connectivity index (χ3n) is 18.4. The molecule has 97 heavy (non-hydrogen) atoms. The van der Waals surface area contributed by atoms with Gasteiger partial charge < -0.3 is 33.8 Å². The van der Waals surface area contributed by atoms with Crippen LogP contribution in [0.3, 0.4) is 0 Å². The lowest BCUT2D eigenvalue weighted by atomic mass is 9.99. The van der Waals surface area contributed by atoms with Crippen LogP contribution in [-0.2, 0) is 65.4 Å². The van der Waals surface area contributed by atoms with E-state index >= 15 is 0 Å². The number of hydrogen-bond donors (Lipinski definition) is 3. The molecular formula is C78H152O17P2. The van der Waals surface area contributed by atoms with Gasteiger partial charge in [-0.05, 0) is 49.4 Å². The van der Waals surface area contributed by atoms with Gasteiger partial charge >= 0.3 is 39.5 Å². The fourth-order valence-electron chi connectivity index (χ4n) is 11.9. The minimum Gasteiger partial charge on any atom is -0.462 e. The van der Waals surface area contributed by atoms with Gasteiger partial charge in [-0.2, -0.15) is 0 Å². The number of rotatable bonds is 75. The summed E-state index contributed by atoms with van der Waals surface area (Å²) < 4.78 is 68.5. The molecule has 0 aromatic carbocycles. The van der Waals surface area contributed by atoms with Crippen LogP contribution < -0.4 is 0 Å². The van der Waals surface area contributed by atoms with Crippen molar-refractivity contribution in [3.8, 4) is 0 Å². The van der Waals surface area contributed by atoms with Crippen LogP contribution >= 0.6 is 15.6 Å². The normalized spacial score (nSPS) is 14.4. The third-order valence-corrected chi connectivity index (χ3v) is 20.3. The Hall–Kier alpha value is -1.94. The van der Waals surface area contributed by atoms with Gasteiger partial charge in [0.2, 0.25) is 0 Å². The van der Waals surface area contributed by atoms with Crippen molar-refractivity contribution in [2.45, 2.75) is 414 Å². The van der Waals surface area contributed by atoms with Crippen LogP contribution in [0.5, 0.6) is 0 Å². The lowest BCUT2D eigenvalue weighted by Gasteiger charge is -2.21. The highest BCUT2D eigenvalue weighted by molar-refractivity contribution is 7.47. The number of carbonyl (C=O) groups is 4. The topological polar surface area (TPSA) is 237 Å². The molecule has 0 saturated heterocycles. The van der Waals surface area contributed by atoms with E-state index in [1.54, 1.807) is 0 Å². The van der Waals surface area contributed by atoms with Gasteiger partial charge in [0.15, 0.2) is 12.2 Å². The molecule has 0 aliphatic rings. The third kappa shape index (κ3) is 70.9. The summed E-state index contributed by atoms with van der Waals surface area (Å²) in [5.74, 6) is 0.936. The molecule has 0 bridgehead atoms. The molecule has 0 saturated carbocycles. The first-order chi connectivity index (χ1) is 46.6. The highest BCUT2D eigenvalue weighted by Gasteiger charge is 2.30. The maximum absolute atomic E-state index is 13.1. The van der Waals surface area contributed by atoms with E-state index < -0.39 is 97.5 Å². The molecular weight excluding hydrogens is 1270 g/mol. The van der Waals surface area contributed by atoms with E-state index in [1.165, 1.54) is 186 Å². The molecule has 0 radical (unpaired) electrons. The Labute approximate surface area is 594 Å². The second kappa shape index (κ2) is 67.2. The summed E-state index contributed by atoms with van der Waals surface area (Å²) in [6.45, 7) is 14.2. The van der Waals surface area contributed by atoms with E-state index in [2.05, 4.69) is 55.4 Å². The molecule has 6 atom stereocenters. The molecule has 4 unspecified atom stereocenters. The summed E-state index contributed by atoms with van der Waals surface area (Å²) in [4.78, 5) is 72.8. The fraction of sp³-hybridized carbons (Fsp3) is 0.949. The molecule has 0 amide bonds. The number of phosphoric ester groups is 2. The standard InChI is InChI=1S/C78H152O17P2/c1-9-71(8)57-49-41-33-25-21-16-14-12-10-11-13-15-17-22-26-34-44-52-60-77(82)94-73(64-88-75(80)58-50-42-36-28-31-39-47-55-69(4)5)66-92-96(84,85)90-62-72(79)63-91-97(86,87)93-67-74(65-89-76(81)59-51-43-37-29-32-40-48-56-70(6)7)95-78(83)61-53-45-35-27-23-19-18-20-24-30-38-46-54-68(2)3/h68-74,79H,9-67H2,1-8H3,(H,84,85)(H,86,87)/t71?,72?,73-,74-/m1/s1. The number of aliphatic hydroxyl groups excluding tert-OH is 1. The number of aliphatic hydroxyl groups is 1. The van der Waals surface area contributed by atoms with Gasteiger partial charge in [0.05, 0.1) is 26.4 Å². The Morgan fingerprint density at radius 3 is 0.732 bits per heavy atom. The second-order valence-electron chi connectivity index (χ2n) is 29.8. The summed E-state index contributed by atoms with van der Waals surface area (Å²) in [6, 6.07) is 0. The Balaban J connectivity index is 5.17. The molecule has 0 aromatic rings. The van der Waals surface area contributed by atoms with Gasteiger partial charge in [-0.25, -0.2) is 9.13 Å². The van der Waals surface area contributed by atoms with E-state index in [4.69, 9.17) is 37.0 Å². The summed E-state index contributed by atoms with van der Waals surface area (Å²) in [7, 11) is -9.91. The lowest BCUT2D eigenvalue weighted by molar-refractivity contribution is -0.161. The van der Waals surface area contributed by atoms with Gasteiger partial charge in [0.25, 0.3) is 0 Å². The van der Waals surface area contributed by atoms with Crippen molar-refractivity contribution >= 4 is 39.5 Å². The van der Waals surface area contributed by atoms with Crippen LogP contribution in [0.15, 0.2) is 0 Å². The number of ether oxygens (including phenoxy) is 4. The summed E-state index contributed by atoms with van der Waals surface area (Å²) in [5, 5.41) is 10.6. The van der Waals surface area contributed by atoms with Crippen LogP contribution in [0.25, 0.3) is 0 Å². The van der Waals surface area contributed by atoms with Crippen molar-refractivity contribution < 1.29 is 80.2 Å². The van der Waals surface area contributed by atoms with E-state index in [-0.39, 0.29) is 25.7 Å². The average molecular weight is 1420 g/mol. The molecule has 3 N–H and O–H groups in total. The number of carbonyl (C=O) groups excluding carboxylic acids is 4. The Bertz CT molecular complexity index is 1900. The van der Waals surface area contributed by atoms with Crippen LogP contribution in [-0.4, -0.2) is 96.7 Å². The number of phosphoric acid groups is 2.